The van der Waals surface area contributed by atoms with Crippen LogP contribution in [0.2, 0.25) is 0 Å². The van der Waals surface area contributed by atoms with E-state index in [9.17, 15) is 4.79 Å². The quantitative estimate of drug-likeness (QED) is 0.581. The largest absolute Gasteiger partial charge is 0.369 e. The lowest BCUT2D eigenvalue weighted by Crippen LogP contribution is -2.27. The van der Waals surface area contributed by atoms with Crippen LogP contribution in [-0.4, -0.2) is 30.4 Å². The molecule has 1 rings (SSSR count). The van der Waals surface area contributed by atoms with Crippen molar-refractivity contribution in [1.29, 1.82) is 0 Å². The molecule has 1 atom stereocenters. The maximum absolute atomic E-state index is 10.7. The van der Waals surface area contributed by atoms with Crippen molar-refractivity contribution < 1.29 is 4.79 Å². The molecule has 2 N–H and O–H groups in total. The van der Waals surface area contributed by atoms with Gasteiger partial charge in [-0.25, -0.2) is 0 Å². The van der Waals surface area contributed by atoms with E-state index < -0.39 is 0 Å². The van der Waals surface area contributed by atoms with Gasteiger partial charge < -0.3 is 10.6 Å². The summed E-state index contributed by atoms with van der Waals surface area (Å²) >= 11 is 0. The number of hydrogen-bond acceptors (Lipinski definition) is 2. The molecule has 0 aliphatic carbocycles. The molecule has 3 heteroatoms. The average molecular weight is 142 g/mol. The zero-order chi connectivity index (χ0) is 7.56. The number of carbonyl (C=O) groups excluding carboxylic acids is 1. The van der Waals surface area contributed by atoms with E-state index in [2.05, 4.69) is 11.8 Å². The minimum atomic E-state index is -0.143. The summed E-state index contributed by atoms with van der Waals surface area (Å²) in [6.45, 7) is 5.03. The van der Waals surface area contributed by atoms with Crippen molar-refractivity contribution in [3.8, 4) is 0 Å². The normalized spacial score (nSPS) is 27.1. The number of carbonyl (C=O) groups is 1. The van der Waals surface area contributed by atoms with Gasteiger partial charge in [0, 0.05) is 6.54 Å². The Hall–Kier alpha value is -0.570. The number of nitrogens with zero attached hydrogens (tertiary/aromatic N) is 1. The van der Waals surface area contributed by atoms with Gasteiger partial charge >= 0.3 is 0 Å². The minimum absolute atomic E-state index is 0.111. The van der Waals surface area contributed by atoms with Gasteiger partial charge in [0.25, 0.3) is 0 Å². The molecule has 58 valence electrons. The summed E-state index contributed by atoms with van der Waals surface area (Å²) in [4.78, 5) is 12.9. The van der Waals surface area contributed by atoms with Crippen molar-refractivity contribution in [3.05, 3.63) is 0 Å². The summed E-state index contributed by atoms with van der Waals surface area (Å²) in [6.07, 6.45) is 0.948. The summed E-state index contributed by atoms with van der Waals surface area (Å²) in [5.41, 5.74) is 5.15. The highest BCUT2D eigenvalue weighted by molar-refractivity contribution is 5.77. The second-order valence-corrected chi connectivity index (χ2v) is 2.78. The van der Waals surface area contributed by atoms with Crippen molar-refractivity contribution in [2.75, 3.05) is 19.6 Å². The van der Waals surface area contributed by atoms with E-state index in [1.807, 2.05) is 0 Å². The minimum Gasteiger partial charge on any atom is -0.369 e. The number of rotatable bonds is 2. The van der Waals surface area contributed by atoms with Crippen molar-refractivity contribution >= 4 is 5.91 Å². The Morgan fingerprint density at radius 3 is 2.80 bits per heavy atom. The van der Waals surface area contributed by atoms with Crippen LogP contribution >= 0.6 is 0 Å². The van der Waals surface area contributed by atoms with Gasteiger partial charge in [-0.05, 0) is 19.5 Å². The molecule has 1 amide bonds. The zero-order valence-corrected chi connectivity index (χ0v) is 6.34. The Kier molecular flexibility index (Phi) is 2.27. The van der Waals surface area contributed by atoms with Crippen LogP contribution in [0.4, 0.5) is 0 Å². The first-order valence-electron chi connectivity index (χ1n) is 3.75. The molecule has 0 saturated carbocycles. The fourth-order valence-corrected chi connectivity index (χ4v) is 1.35. The summed E-state index contributed by atoms with van der Waals surface area (Å²) in [7, 11) is 0. The SMILES string of the molecule is CCN1CCC(C(N)=O)C1. The lowest BCUT2D eigenvalue weighted by atomic mass is 10.1. The van der Waals surface area contributed by atoms with Crippen molar-refractivity contribution in [2.45, 2.75) is 13.3 Å². The third kappa shape index (κ3) is 1.48. The third-order valence-corrected chi connectivity index (χ3v) is 2.12. The van der Waals surface area contributed by atoms with Crippen LogP contribution in [0.5, 0.6) is 0 Å². The van der Waals surface area contributed by atoms with Crippen molar-refractivity contribution in [3.63, 3.8) is 0 Å². The predicted octanol–water partition coefficient (Wildman–Crippen LogP) is -0.187. The molecule has 0 aromatic carbocycles. The van der Waals surface area contributed by atoms with E-state index >= 15 is 0 Å². The van der Waals surface area contributed by atoms with Crippen LogP contribution in [-0.2, 0) is 4.79 Å². The monoisotopic (exact) mass is 142 g/mol. The maximum atomic E-state index is 10.7. The summed E-state index contributed by atoms with van der Waals surface area (Å²) in [5.74, 6) is -0.0316. The van der Waals surface area contributed by atoms with Gasteiger partial charge in [0.15, 0.2) is 0 Å². The molecule has 1 unspecified atom stereocenters. The summed E-state index contributed by atoms with van der Waals surface area (Å²) in [6, 6.07) is 0. The Balaban J connectivity index is 2.35. The molecular formula is C7H14N2O. The second kappa shape index (κ2) is 3.01. The van der Waals surface area contributed by atoms with Crippen LogP contribution in [0.25, 0.3) is 0 Å². The molecule has 1 fully saturated rings. The van der Waals surface area contributed by atoms with Gasteiger partial charge in [0.1, 0.15) is 0 Å². The van der Waals surface area contributed by atoms with Gasteiger partial charge in [-0.15, -0.1) is 0 Å². The average Bonchev–Trinajstić information content (AvgIpc) is 2.34. The third-order valence-electron chi connectivity index (χ3n) is 2.12. The highest BCUT2D eigenvalue weighted by atomic mass is 16.1. The van der Waals surface area contributed by atoms with Crippen LogP contribution in [0, 0.1) is 5.92 Å². The molecule has 1 aliphatic heterocycles. The molecule has 1 aliphatic rings. The van der Waals surface area contributed by atoms with Crippen LogP contribution in [0.1, 0.15) is 13.3 Å². The first kappa shape index (κ1) is 7.54. The fourth-order valence-electron chi connectivity index (χ4n) is 1.35. The van der Waals surface area contributed by atoms with Crippen molar-refractivity contribution in [2.24, 2.45) is 11.7 Å². The van der Waals surface area contributed by atoms with Gasteiger partial charge in [-0.2, -0.15) is 0 Å². The molecule has 3 nitrogen and oxygen atoms in total. The lowest BCUT2D eigenvalue weighted by molar-refractivity contribution is -0.121. The maximum Gasteiger partial charge on any atom is 0.221 e. The number of likely N-dealkylation sites (tertiary alicyclic amines) is 1. The Morgan fingerprint density at radius 2 is 2.50 bits per heavy atom. The smallest absolute Gasteiger partial charge is 0.221 e. The molecule has 1 saturated heterocycles. The number of hydrogen-bond donors (Lipinski definition) is 1. The van der Waals surface area contributed by atoms with E-state index in [0.29, 0.717) is 0 Å². The molecule has 0 spiro atoms. The predicted molar refractivity (Wildman–Crippen MR) is 39.4 cm³/mol. The molecule has 0 aromatic rings. The fraction of sp³-hybridized carbons (Fsp3) is 0.857. The highest BCUT2D eigenvalue weighted by Crippen LogP contribution is 2.14. The lowest BCUT2D eigenvalue weighted by Gasteiger charge is -2.10. The Bertz CT molecular complexity index is 136. The number of nitrogens with two attached hydrogens (primary N) is 1. The van der Waals surface area contributed by atoms with E-state index in [4.69, 9.17) is 5.73 Å². The van der Waals surface area contributed by atoms with Crippen LogP contribution < -0.4 is 5.73 Å². The van der Waals surface area contributed by atoms with Gasteiger partial charge in [0.05, 0.1) is 5.92 Å². The van der Waals surface area contributed by atoms with Gasteiger partial charge in [-0.1, -0.05) is 6.92 Å². The molecular weight excluding hydrogens is 128 g/mol. The topological polar surface area (TPSA) is 46.3 Å². The molecule has 0 aromatic heterocycles. The van der Waals surface area contributed by atoms with E-state index in [-0.39, 0.29) is 11.8 Å². The standard InChI is InChI=1S/C7H14N2O/c1-2-9-4-3-6(5-9)7(8)10/h6H,2-5H2,1H3,(H2,8,10). The molecule has 0 radical (unpaired) electrons. The van der Waals surface area contributed by atoms with Crippen LogP contribution in [0.15, 0.2) is 0 Å². The van der Waals surface area contributed by atoms with E-state index in [1.54, 1.807) is 0 Å². The zero-order valence-electron chi connectivity index (χ0n) is 6.34. The van der Waals surface area contributed by atoms with E-state index in [1.165, 1.54) is 0 Å². The highest BCUT2D eigenvalue weighted by Gasteiger charge is 2.24. The molecule has 1 heterocycles. The van der Waals surface area contributed by atoms with Crippen LogP contribution in [0.3, 0.4) is 0 Å². The summed E-state index contributed by atoms with van der Waals surface area (Å²) in [5, 5.41) is 0. The molecule has 0 bridgehead atoms. The van der Waals surface area contributed by atoms with Gasteiger partial charge in [-0.3, -0.25) is 4.79 Å². The number of primary amides is 1. The Labute approximate surface area is 61.2 Å². The first-order chi connectivity index (χ1) is 4.74. The number of amides is 1. The summed E-state index contributed by atoms with van der Waals surface area (Å²) < 4.78 is 0. The first-order valence-corrected chi connectivity index (χ1v) is 3.75. The van der Waals surface area contributed by atoms with E-state index in [0.717, 1.165) is 26.1 Å². The van der Waals surface area contributed by atoms with Gasteiger partial charge in [0.2, 0.25) is 5.91 Å². The molecule has 10 heavy (non-hydrogen) atoms. The Morgan fingerprint density at radius 1 is 1.80 bits per heavy atom. The second-order valence-electron chi connectivity index (χ2n) is 2.78. The van der Waals surface area contributed by atoms with Crippen molar-refractivity contribution in [1.82, 2.24) is 4.90 Å².